The van der Waals surface area contributed by atoms with Gasteiger partial charge >= 0.3 is 0 Å². The average Bonchev–Trinajstić information content (AvgIpc) is 2.43. The summed E-state index contributed by atoms with van der Waals surface area (Å²) in [5.74, 6) is 0.782. The van der Waals surface area contributed by atoms with Crippen LogP contribution in [0.15, 0.2) is 24.3 Å². The standard InChI is InChI=1S/C13H16N2O3S/c14-7-10-3-1-2-4-12(10)15-13(18)5-6-19-9-11(17)8-16/h1-4,11,16-17H,5-6,8-9H2,(H,15,18). The van der Waals surface area contributed by atoms with Crippen molar-refractivity contribution in [1.82, 2.24) is 0 Å². The van der Waals surface area contributed by atoms with E-state index in [4.69, 9.17) is 15.5 Å². The van der Waals surface area contributed by atoms with Crippen LogP contribution in [0, 0.1) is 11.3 Å². The number of amides is 1. The Morgan fingerprint density at radius 3 is 2.89 bits per heavy atom. The summed E-state index contributed by atoms with van der Waals surface area (Å²) in [6.07, 6.45) is -0.449. The molecule has 1 aromatic carbocycles. The number of nitriles is 1. The third-order valence-electron chi connectivity index (χ3n) is 2.32. The topological polar surface area (TPSA) is 93.4 Å². The summed E-state index contributed by atoms with van der Waals surface area (Å²) in [4.78, 5) is 11.6. The largest absolute Gasteiger partial charge is 0.394 e. The Labute approximate surface area is 116 Å². The van der Waals surface area contributed by atoms with E-state index in [0.29, 0.717) is 29.2 Å². The molecule has 6 heteroatoms. The van der Waals surface area contributed by atoms with Crippen LogP contribution in [0.4, 0.5) is 5.69 Å². The summed E-state index contributed by atoms with van der Waals surface area (Å²) >= 11 is 1.40. The van der Waals surface area contributed by atoms with Crippen LogP contribution in [-0.2, 0) is 4.79 Å². The predicted octanol–water partition coefficient (Wildman–Crippen LogP) is 0.973. The van der Waals surface area contributed by atoms with E-state index >= 15 is 0 Å². The van der Waals surface area contributed by atoms with Crippen molar-refractivity contribution in [3.05, 3.63) is 29.8 Å². The SMILES string of the molecule is N#Cc1ccccc1NC(=O)CCSCC(O)CO. The van der Waals surface area contributed by atoms with Gasteiger partial charge in [0.15, 0.2) is 0 Å². The van der Waals surface area contributed by atoms with Gasteiger partial charge in [-0.2, -0.15) is 17.0 Å². The van der Waals surface area contributed by atoms with Crippen LogP contribution in [0.5, 0.6) is 0 Å². The van der Waals surface area contributed by atoms with Gasteiger partial charge in [-0.1, -0.05) is 12.1 Å². The number of carbonyl (C=O) groups is 1. The van der Waals surface area contributed by atoms with E-state index < -0.39 is 6.10 Å². The molecule has 0 bridgehead atoms. The summed E-state index contributed by atoms with van der Waals surface area (Å²) in [5, 5.41) is 29.3. The minimum absolute atomic E-state index is 0.173. The molecule has 0 spiro atoms. The van der Waals surface area contributed by atoms with Gasteiger partial charge in [-0.05, 0) is 12.1 Å². The number of rotatable bonds is 7. The molecular weight excluding hydrogens is 264 g/mol. The Morgan fingerprint density at radius 1 is 1.47 bits per heavy atom. The van der Waals surface area contributed by atoms with Gasteiger partial charge in [0.2, 0.25) is 5.91 Å². The van der Waals surface area contributed by atoms with Gasteiger partial charge in [0.25, 0.3) is 0 Å². The number of para-hydroxylation sites is 1. The number of thioether (sulfide) groups is 1. The molecule has 1 atom stereocenters. The molecule has 102 valence electrons. The summed E-state index contributed by atoms with van der Waals surface area (Å²) in [6, 6.07) is 8.82. The quantitative estimate of drug-likeness (QED) is 0.647. The third-order valence-corrected chi connectivity index (χ3v) is 3.43. The second-order valence-corrected chi connectivity index (χ2v) is 5.02. The number of hydrogen-bond donors (Lipinski definition) is 3. The molecule has 1 rings (SSSR count). The molecule has 1 amide bonds. The Bertz CT molecular complexity index is 459. The van der Waals surface area contributed by atoms with E-state index in [2.05, 4.69) is 5.32 Å². The molecule has 1 unspecified atom stereocenters. The molecule has 3 N–H and O–H groups in total. The first-order valence-electron chi connectivity index (χ1n) is 5.83. The zero-order valence-corrected chi connectivity index (χ0v) is 11.2. The van der Waals surface area contributed by atoms with E-state index in [-0.39, 0.29) is 12.5 Å². The molecule has 0 aliphatic heterocycles. The lowest BCUT2D eigenvalue weighted by atomic mass is 10.2. The van der Waals surface area contributed by atoms with Crippen molar-refractivity contribution >= 4 is 23.4 Å². The summed E-state index contributed by atoms with van der Waals surface area (Å²) in [6.45, 7) is -0.269. The first kappa shape index (κ1) is 15.5. The van der Waals surface area contributed by atoms with Gasteiger partial charge in [-0.3, -0.25) is 4.79 Å². The van der Waals surface area contributed by atoms with E-state index in [1.54, 1.807) is 24.3 Å². The maximum absolute atomic E-state index is 11.6. The summed E-state index contributed by atoms with van der Waals surface area (Å²) in [7, 11) is 0. The lowest BCUT2D eigenvalue weighted by Gasteiger charge is -2.08. The highest BCUT2D eigenvalue weighted by Gasteiger charge is 2.07. The molecule has 0 heterocycles. The number of carbonyl (C=O) groups excluding carboxylic acids is 1. The maximum atomic E-state index is 11.6. The number of aliphatic hydroxyl groups is 2. The third kappa shape index (κ3) is 5.75. The second kappa shape index (κ2) is 8.53. The predicted molar refractivity (Wildman–Crippen MR) is 74.8 cm³/mol. The smallest absolute Gasteiger partial charge is 0.225 e. The first-order chi connectivity index (χ1) is 9.17. The highest BCUT2D eigenvalue weighted by atomic mass is 32.2. The summed E-state index contributed by atoms with van der Waals surface area (Å²) < 4.78 is 0. The molecule has 0 fully saturated rings. The number of anilines is 1. The Hall–Kier alpha value is -1.55. The monoisotopic (exact) mass is 280 g/mol. The molecule has 0 aliphatic carbocycles. The lowest BCUT2D eigenvalue weighted by Crippen LogP contribution is -2.16. The number of aliphatic hydroxyl groups excluding tert-OH is 2. The fraction of sp³-hybridized carbons (Fsp3) is 0.385. The average molecular weight is 280 g/mol. The number of nitrogens with one attached hydrogen (secondary N) is 1. The zero-order valence-electron chi connectivity index (χ0n) is 10.4. The lowest BCUT2D eigenvalue weighted by molar-refractivity contribution is -0.115. The van der Waals surface area contributed by atoms with Crippen LogP contribution in [0.1, 0.15) is 12.0 Å². The van der Waals surface area contributed by atoms with Crippen molar-refractivity contribution in [3.8, 4) is 6.07 Å². The van der Waals surface area contributed by atoms with Gasteiger partial charge < -0.3 is 15.5 Å². The van der Waals surface area contributed by atoms with Crippen LogP contribution in [0.25, 0.3) is 0 Å². The van der Waals surface area contributed by atoms with E-state index in [0.717, 1.165) is 0 Å². The Balaban J connectivity index is 2.34. The molecular formula is C13H16N2O3S. The number of benzene rings is 1. The fourth-order valence-corrected chi connectivity index (χ4v) is 2.21. The van der Waals surface area contributed by atoms with Gasteiger partial charge in [-0.25, -0.2) is 0 Å². The van der Waals surface area contributed by atoms with Gasteiger partial charge in [0, 0.05) is 17.9 Å². The van der Waals surface area contributed by atoms with Crippen LogP contribution in [-0.4, -0.2) is 40.3 Å². The van der Waals surface area contributed by atoms with Crippen molar-refractivity contribution in [2.24, 2.45) is 0 Å². The van der Waals surface area contributed by atoms with Crippen LogP contribution in [0.2, 0.25) is 0 Å². The highest BCUT2D eigenvalue weighted by Crippen LogP contribution is 2.14. The Morgan fingerprint density at radius 2 is 2.21 bits per heavy atom. The minimum Gasteiger partial charge on any atom is -0.394 e. The fourth-order valence-electron chi connectivity index (χ4n) is 1.34. The van der Waals surface area contributed by atoms with E-state index in [1.165, 1.54) is 11.8 Å². The van der Waals surface area contributed by atoms with E-state index in [1.807, 2.05) is 6.07 Å². The zero-order chi connectivity index (χ0) is 14.1. The Kier molecular flexibility index (Phi) is 6.97. The van der Waals surface area contributed by atoms with Crippen molar-refractivity contribution in [3.63, 3.8) is 0 Å². The van der Waals surface area contributed by atoms with Gasteiger partial charge in [-0.15, -0.1) is 0 Å². The molecule has 0 aliphatic rings. The molecule has 5 nitrogen and oxygen atoms in total. The molecule has 1 aromatic rings. The van der Waals surface area contributed by atoms with E-state index in [9.17, 15) is 4.79 Å². The second-order valence-electron chi connectivity index (χ2n) is 3.87. The normalized spacial score (nSPS) is 11.6. The van der Waals surface area contributed by atoms with Crippen molar-refractivity contribution < 1.29 is 15.0 Å². The highest BCUT2D eigenvalue weighted by molar-refractivity contribution is 7.99. The van der Waals surface area contributed by atoms with Crippen molar-refractivity contribution in [2.75, 3.05) is 23.4 Å². The van der Waals surface area contributed by atoms with Gasteiger partial charge in [0.1, 0.15) is 6.07 Å². The van der Waals surface area contributed by atoms with Gasteiger partial charge in [0.05, 0.1) is 24.0 Å². The molecule has 0 aromatic heterocycles. The molecule has 19 heavy (non-hydrogen) atoms. The number of nitrogens with zero attached hydrogens (tertiary/aromatic N) is 1. The number of hydrogen-bond acceptors (Lipinski definition) is 5. The minimum atomic E-state index is -0.743. The first-order valence-corrected chi connectivity index (χ1v) is 6.98. The van der Waals surface area contributed by atoms with Crippen LogP contribution >= 0.6 is 11.8 Å². The van der Waals surface area contributed by atoms with Crippen LogP contribution in [0.3, 0.4) is 0 Å². The van der Waals surface area contributed by atoms with Crippen molar-refractivity contribution in [1.29, 1.82) is 5.26 Å². The van der Waals surface area contributed by atoms with Crippen LogP contribution < -0.4 is 5.32 Å². The summed E-state index contributed by atoms with van der Waals surface area (Å²) in [5.41, 5.74) is 0.939. The molecule has 0 saturated heterocycles. The molecule has 0 radical (unpaired) electrons. The molecule has 0 saturated carbocycles. The van der Waals surface area contributed by atoms with Crippen molar-refractivity contribution in [2.45, 2.75) is 12.5 Å². The maximum Gasteiger partial charge on any atom is 0.225 e.